The van der Waals surface area contributed by atoms with Gasteiger partial charge >= 0.3 is 0 Å². The monoisotopic (exact) mass is 223 g/mol. The highest BCUT2D eigenvalue weighted by atomic mass is 15.1. The van der Waals surface area contributed by atoms with Crippen LogP contribution in [0.4, 0.5) is 0 Å². The molecule has 0 aliphatic heterocycles. The van der Waals surface area contributed by atoms with Crippen molar-refractivity contribution in [3.63, 3.8) is 0 Å². The van der Waals surface area contributed by atoms with E-state index < -0.39 is 0 Å². The van der Waals surface area contributed by atoms with E-state index >= 15 is 0 Å². The van der Waals surface area contributed by atoms with Crippen molar-refractivity contribution in [2.24, 2.45) is 16.7 Å². The van der Waals surface area contributed by atoms with E-state index in [2.05, 4.69) is 39.9 Å². The molecule has 2 aliphatic carbocycles. The molecule has 94 valence electrons. The zero-order valence-electron chi connectivity index (χ0n) is 11.8. The molecule has 16 heavy (non-hydrogen) atoms. The molecule has 2 fully saturated rings. The lowest BCUT2D eigenvalue weighted by Crippen LogP contribution is -2.38. The Kier molecular flexibility index (Phi) is 3.11. The minimum Gasteiger partial charge on any atom is -0.310 e. The molecular formula is C15H29N. The van der Waals surface area contributed by atoms with E-state index in [4.69, 9.17) is 0 Å². The average Bonchev–Trinajstić information content (AvgIpc) is 2.62. The Bertz CT molecular complexity index is 234. The fourth-order valence-corrected chi connectivity index (χ4v) is 3.65. The summed E-state index contributed by atoms with van der Waals surface area (Å²) in [6.07, 6.45) is 7.26. The van der Waals surface area contributed by atoms with E-state index in [9.17, 15) is 0 Å². The minimum atomic E-state index is 0.482. The summed E-state index contributed by atoms with van der Waals surface area (Å²) in [7, 11) is 0. The van der Waals surface area contributed by atoms with Gasteiger partial charge in [-0.2, -0.15) is 0 Å². The maximum atomic E-state index is 3.90. The summed E-state index contributed by atoms with van der Waals surface area (Å²) < 4.78 is 0. The van der Waals surface area contributed by atoms with Gasteiger partial charge in [-0.05, 0) is 36.5 Å². The molecular weight excluding hydrogens is 194 g/mol. The maximum Gasteiger partial charge on any atom is 0.0183 e. The normalized spacial score (nSPS) is 31.3. The molecule has 1 heteroatoms. The predicted molar refractivity (Wildman–Crippen MR) is 70.5 cm³/mol. The molecule has 0 radical (unpaired) electrons. The first-order chi connectivity index (χ1) is 7.37. The van der Waals surface area contributed by atoms with Crippen molar-refractivity contribution in [3.05, 3.63) is 0 Å². The van der Waals surface area contributed by atoms with E-state index in [1.165, 1.54) is 32.1 Å². The van der Waals surface area contributed by atoms with Gasteiger partial charge in [-0.15, -0.1) is 0 Å². The third kappa shape index (κ3) is 1.92. The van der Waals surface area contributed by atoms with Crippen molar-refractivity contribution < 1.29 is 0 Å². The fraction of sp³-hybridized carbons (Fsp3) is 1.00. The molecule has 1 atom stereocenters. The van der Waals surface area contributed by atoms with Crippen LogP contribution in [0.2, 0.25) is 0 Å². The third-order valence-corrected chi connectivity index (χ3v) is 5.81. The molecule has 0 saturated heterocycles. The van der Waals surface area contributed by atoms with Crippen LogP contribution in [-0.4, -0.2) is 12.1 Å². The highest BCUT2D eigenvalue weighted by Crippen LogP contribution is 2.62. The van der Waals surface area contributed by atoms with E-state index in [1.807, 2.05) is 0 Å². The number of rotatable bonds is 3. The summed E-state index contributed by atoms with van der Waals surface area (Å²) in [5.74, 6) is 0.931. The van der Waals surface area contributed by atoms with Crippen LogP contribution in [0.5, 0.6) is 0 Å². The van der Waals surface area contributed by atoms with Crippen LogP contribution < -0.4 is 5.32 Å². The zero-order valence-corrected chi connectivity index (χ0v) is 11.8. The molecule has 1 unspecified atom stereocenters. The molecule has 2 saturated carbocycles. The molecule has 0 bridgehead atoms. The smallest absolute Gasteiger partial charge is 0.0183 e. The van der Waals surface area contributed by atoms with Crippen LogP contribution in [0, 0.1) is 16.7 Å². The second kappa shape index (κ2) is 4.01. The first-order valence-electron chi connectivity index (χ1n) is 7.13. The Labute approximate surface area is 101 Å². The van der Waals surface area contributed by atoms with Gasteiger partial charge < -0.3 is 5.32 Å². The molecule has 2 aliphatic rings. The van der Waals surface area contributed by atoms with Gasteiger partial charge in [0, 0.05) is 12.1 Å². The topological polar surface area (TPSA) is 12.0 Å². The lowest BCUT2D eigenvalue weighted by molar-refractivity contribution is 0.271. The third-order valence-electron chi connectivity index (χ3n) is 5.81. The van der Waals surface area contributed by atoms with Gasteiger partial charge in [0.2, 0.25) is 0 Å². The van der Waals surface area contributed by atoms with Gasteiger partial charge in [-0.1, -0.05) is 47.0 Å². The molecule has 0 aromatic carbocycles. The lowest BCUT2D eigenvalue weighted by atomic mass is 9.84. The number of nitrogens with one attached hydrogen (secondary N) is 1. The van der Waals surface area contributed by atoms with E-state index in [0.717, 1.165) is 12.0 Å². The summed E-state index contributed by atoms with van der Waals surface area (Å²) in [4.78, 5) is 0. The quantitative estimate of drug-likeness (QED) is 0.763. The highest BCUT2D eigenvalue weighted by molar-refractivity contribution is 5.18. The zero-order chi connectivity index (χ0) is 12.0. The average molecular weight is 223 g/mol. The van der Waals surface area contributed by atoms with Gasteiger partial charge in [0.05, 0.1) is 0 Å². The van der Waals surface area contributed by atoms with Crippen molar-refractivity contribution in [1.82, 2.24) is 5.32 Å². The molecule has 1 nitrogen and oxygen atoms in total. The maximum absolute atomic E-state index is 3.90. The van der Waals surface area contributed by atoms with E-state index in [0.29, 0.717) is 16.9 Å². The van der Waals surface area contributed by atoms with E-state index in [1.54, 1.807) is 0 Å². The molecule has 1 N–H and O–H groups in total. The molecule has 0 aromatic rings. The fourth-order valence-electron chi connectivity index (χ4n) is 3.65. The van der Waals surface area contributed by atoms with Crippen LogP contribution in [0.1, 0.15) is 66.7 Å². The summed E-state index contributed by atoms with van der Waals surface area (Å²) in [5.41, 5.74) is 0.964. The summed E-state index contributed by atoms with van der Waals surface area (Å²) in [6.45, 7) is 12.0. The first kappa shape index (κ1) is 12.4. The van der Waals surface area contributed by atoms with Crippen molar-refractivity contribution >= 4 is 0 Å². The van der Waals surface area contributed by atoms with Gasteiger partial charge in [0.1, 0.15) is 0 Å². The Morgan fingerprint density at radius 3 is 1.88 bits per heavy atom. The minimum absolute atomic E-state index is 0.482. The number of hydrogen-bond donors (Lipinski definition) is 1. The Balaban J connectivity index is 1.86. The molecule has 0 amide bonds. The largest absolute Gasteiger partial charge is 0.310 e. The summed E-state index contributed by atoms with van der Waals surface area (Å²) in [6, 6.07) is 1.43. The van der Waals surface area contributed by atoms with Gasteiger partial charge in [-0.3, -0.25) is 0 Å². The molecule has 0 spiro atoms. The predicted octanol–water partition coefficient (Wildman–Crippen LogP) is 3.98. The van der Waals surface area contributed by atoms with Crippen molar-refractivity contribution in [3.8, 4) is 0 Å². The molecule has 0 aromatic heterocycles. The molecule has 0 heterocycles. The second-order valence-corrected chi connectivity index (χ2v) is 7.23. The van der Waals surface area contributed by atoms with Crippen molar-refractivity contribution in [1.29, 1.82) is 0 Å². The van der Waals surface area contributed by atoms with Crippen LogP contribution in [0.15, 0.2) is 0 Å². The van der Waals surface area contributed by atoms with Gasteiger partial charge in [0.25, 0.3) is 0 Å². The van der Waals surface area contributed by atoms with Crippen LogP contribution in [0.3, 0.4) is 0 Å². The highest BCUT2D eigenvalue weighted by Gasteiger charge is 2.64. The second-order valence-electron chi connectivity index (χ2n) is 7.23. The Morgan fingerprint density at radius 2 is 1.44 bits per heavy atom. The SMILES string of the molecule is CC(NC1C(C)(C)C1(C)C)C1CCCCC1. The summed E-state index contributed by atoms with van der Waals surface area (Å²) in [5, 5.41) is 3.90. The van der Waals surface area contributed by atoms with Crippen LogP contribution in [-0.2, 0) is 0 Å². The van der Waals surface area contributed by atoms with Crippen LogP contribution in [0.25, 0.3) is 0 Å². The Morgan fingerprint density at radius 1 is 0.938 bits per heavy atom. The van der Waals surface area contributed by atoms with Crippen molar-refractivity contribution in [2.75, 3.05) is 0 Å². The first-order valence-corrected chi connectivity index (χ1v) is 7.13. The van der Waals surface area contributed by atoms with Crippen molar-refractivity contribution in [2.45, 2.75) is 78.8 Å². The molecule has 2 rings (SSSR count). The summed E-state index contributed by atoms with van der Waals surface area (Å²) >= 11 is 0. The van der Waals surface area contributed by atoms with E-state index in [-0.39, 0.29) is 0 Å². The number of hydrogen-bond acceptors (Lipinski definition) is 1. The lowest BCUT2D eigenvalue weighted by Gasteiger charge is -2.29. The van der Waals surface area contributed by atoms with Gasteiger partial charge in [0.15, 0.2) is 0 Å². The van der Waals surface area contributed by atoms with Gasteiger partial charge in [-0.25, -0.2) is 0 Å². The van der Waals surface area contributed by atoms with Crippen LogP contribution >= 0.6 is 0 Å². The Hall–Kier alpha value is -0.0400. The standard InChI is InChI=1S/C15H29N/c1-11(12-9-7-6-8-10-12)16-13-14(2,3)15(13,4)5/h11-13,16H,6-10H2,1-5H3.